The zero-order valence-corrected chi connectivity index (χ0v) is 16.1. The van der Waals surface area contributed by atoms with Crippen LogP contribution in [-0.4, -0.2) is 12.1 Å². The smallest absolute Gasteiger partial charge is 0.171 e. The molecule has 0 saturated carbocycles. The van der Waals surface area contributed by atoms with Gasteiger partial charge < -0.3 is 19.2 Å². The Bertz CT molecular complexity index is 911. The van der Waals surface area contributed by atoms with E-state index in [2.05, 4.69) is 5.32 Å². The molecule has 0 bridgehead atoms. The van der Waals surface area contributed by atoms with Gasteiger partial charge in [0.05, 0.1) is 30.5 Å². The molecule has 7 heteroatoms. The molecule has 0 aliphatic carbocycles. The summed E-state index contributed by atoms with van der Waals surface area (Å²) in [4.78, 5) is 0.458. The van der Waals surface area contributed by atoms with Gasteiger partial charge in [-0.1, -0.05) is 36.0 Å². The minimum atomic E-state index is -0.433. The molecule has 0 aliphatic heterocycles. The number of furan rings is 1. The third-order valence-corrected chi connectivity index (χ3v) is 4.59. The number of nitrogens with one attached hydrogen (secondary N) is 1. The Morgan fingerprint density at radius 3 is 2.70 bits per heavy atom. The predicted molar refractivity (Wildman–Crippen MR) is 106 cm³/mol. The molecule has 0 saturated heterocycles. The van der Waals surface area contributed by atoms with Crippen molar-refractivity contribution in [3.05, 3.63) is 82.5 Å². The predicted octanol–water partition coefficient (Wildman–Crippen LogP) is 5.13. The summed E-state index contributed by atoms with van der Waals surface area (Å²) in [6, 6.07) is 13.5. The number of ether oxygens (including phenoxy) is 2. The van der Waals surface area contributed by atoms with Crippen LogP contribution in [0, 0.1) is 5.82 Å². The van der Waals surface area contributed by atoms with Gasteiger partial charge in [-0.3, -0.25) is 0 Å². The molecule has 2 aromatic carbocycles. The van der Waals surface area contributed by atoms with Gasteiger partial charge in [0.2, 0.25) is 0 Å². The molecule has 0 radical (unpaired) electrons. The Labute approximate surface area is 166 Å². The zero-order valence-electron chi connectivity index (χ0n) is 14.5. The van der Waals surface area contributed by atoms with Gasteiger partial charge in [-0.25, -0.2) is 4.39 Å². The molecule has 1 aromatic heterocycles. The van der Waals surface area contributed by atoms with Crippen molar-refractivity contribution >= 4 is 28.8 Å². The Morgan fingerprint density at radius 1 is 1.19 bits per heavy atom. The van der Waals surface area contributed by atoms with E-state index in [1.54, 1.807) is 42.7 Å². The highest BCUT2D eigenvalue weighted by atomic mass is 35.5. The third-order valence-electron chi connectivity index (χ3n) is 3.87. The van der Waals surface area contributed by atoms with Gasteiger partial charge in [0.1, 0.15) is 23.2 Å². The number of benzene rings is 2. The van der Waals surface area contributed by atoms with Crippen molar-refractivity contribution in [1.29, 1.82) is 0 Å². The van der Waals surface area contributed by atoms with E-state index in [1.165, 1.54) is 13.2 Å². The van der Waals surface area contributed by atoms with E-state index < -0.39 is 5.82 Å². The second-order valence-electron chi connectivity index (χ2n) is 5.59. The quantitative estimate of drug-likeness (QED) is 0.552. The summed E-state index contributed by atoms with van der Waals surface area (Å²) < 4.78 is 30.6. The number of hydrogen-bond acceptors (Lipinski definition) is 4. The summed E-state index contributed by atoms with van der Waals surface area (Å²) in [5.41, 5.74) is 0.897. The second-order valence-corrected chi connectivity index (χ2v) is 6.40. The number of thiocarbonyl (C=S) groups is 1. The lowest BCUT2D eigenvalue weighted by atomic mass is 10.1. The van der Waals surface area contributed by atoms with Gasteiger partial charge in [0.15, 0.2) is 11.5 Å². The summed E-state index contributed by atoms with van der Waals surface area (Å²) in [6.07, 6.45) is 1.60. The normalized spacial score (nSPS) is 10.5. The van der Waals surface area contributed by atoms with Crippen molar-refractivity contribution in [3.63, 3.8) is 0 Å². The van der Waals surface area contributed by atoms with Gasteiger partial charge in [0, 0.05) is 5.56 Å². The molecule has 0 atom stereocenters. The van der Waals surface area contributed by atoms with Crippen LogP contribution in [0.25, 0.3) is 0 Å². The maximum atomic E-state index is 14.0. The zero-order chi connectivity index (χ0) is 19.2. The summed E-state index contributed by atoms with van der Waals surface area (Å²) in [7, 11) is 1.53. The summed E-state index contributed by atoms with van der Waals surface area (Å²) in [5, 5.41) is 3.41. The number of rotatable bonds is 7. The van der Waals surface area contributed by atoms with Crippen molar-refractivity contribution < 1.29 is 18.3 Å². The van der Waals surface area contributed by atoms with Crippen LogP contribution in [0.2, 0.25) is 5.02 Å². The van der Waals surface area contributed by atoms with Crippen LogP contribution in [0.15, 0.2) is 59.2 Å². The number of hydrogen-bond donors (Lipinski definition) is 1. The SMILES string of the molecule is COc1cccc(C(=S)NCc2ccco2)c1OCc1c(F)cccc1Cl. The van der Waals surface area contributed by atoms with Crippen LogP contribution in [0.5, 0.6) is 11.5 Å². The lowest BCUT2D eigenvalue weighted by molar-refractivity contribution is 0.279. The lowest BCUT2D eigenvalue weighted by Gasteiger charge is -2.17. The molecular weight excluding hydrogens is 389 g/mol. The lowest BCUT2D eigenvalue weighted by Crippen LogP contribution is -2.22. The Hall–Kier alpha value is -2.57. The Morgan fingerprint density at radius 2 is 2.00 bits per heavy atom. The average molecular weight is 406 g/mol. The summed E-state index contributed by atoms with van der Waals surface area (Å²) in [6.45, 7) is 0.376. The fourth-order valence-corrected chi connectivity index (χ4v) is 2.95. The van der Waals surface area contributed by atoms with Gasteiger partial charge >= 0.3 is 0 Å². The van der Waals surface area contributed by atoms with Crippen molar-refractivity contribution in [2.75, 3.05) is 7.11 Å². The van der Waals surface area contributed by atoms with Crippen molar-refractivity contribution in [2.45, 2.75) is 13.2 Å². The maximum Gasteiger partial charge on any atom is 0.171 e. The Kier molecular flexibility index (Phi) is 6.32. The number of methoxy groups -OCH3 is 1. The summed E-state index contributed by atoms with van der Waals surface area (Å²) >= 11 is 11.6. The molecule has 0 fully saturated rings. The van der Waals surface area contributed by atoms with E-state index in [0.29, 0.717) is 33.6 Å². The van der Waals surface area contributed by atoms with E-state index in [0.717, 1.165) is 5.76 Å². The topological polar surface area (TPSA) is 43.6 Å². The number of halogens is 2. The average Bonchev–Trinajstić information content (AvgIpc) is 3.19. The van der Waals surface area contributed by atoms with Crippen LogP contribution in [-0.2, 0) is 13.2 Å². The van der Waals surface area contributed by atoms with Crippen LogP contribution < -0.4 is 14.8 Å². The first-order chi connectivity index (χ1) is 13.1. The molecule has 27 heavy (non-hydrogen) atoms. The largest absolute Gasteiger partial charge is 0.493 e. The highest BCUT2D eigenvalue weighted by Gasteiger charge is 2.16. The fraction of sp³-hybridized carbons (Fsp3) is 0.150. The first-order valence-electron chi connectivity index (χ1n) is 8.13. The minimum absolute atomic E-state index is 0.0559. The standard InChI is InChI=1S/C20H17ClFNO3S/c1-24-18-9-2-6-14(20(27)23-11-13-5-4-10-25-13)19(18)26-12-15-16(21)7-3-8-17(15)22/h2-10H,11-12H2,1H3,(H,23,27). The van der Waals surface area contributed by atoms with E-state index >= 15 is 0 Å². The van der Waals surface area contributed by atoms with Crippen LogP contribution in [0.3, 0.4) is 0 Å². The van der Waals surface area contributed by atoms with E-state index in [1.807, 2.05) is 6.07 Å². The van der Waals surface area contributed by atoms with Crippen molar-refractivity contribution in [1.82, 2.24) is 5.32 Å². The molecule has 3 rings (SSSR count). The first-order valence-corrected chi connectivity index (χ1v) is 8.92. The molecule has 140 valence electrons. The second kappa shape index (κ2) is 8.88. The molecule has 0 amide bonds. The molecule has 0 aliphatic rings. The van der Waals surface area contributed by atoms with Gasteiger partial charge in [-0.2, -0.15) is 0 Å². The molecule has 1 N–H and O–H groups in total. The van der Waals surface area contributed by atoms with Crippen LogP contribution >= 0.6 is 23.8 Å². The van der Waals surface area contributed by atoms with E-state index in [4.69, 9.17) is 37.7 Å². The first kappa shape index (κ1) is 19.2. The van der Waals surface area contributed by atoms with E-state index in [-0.39, 0.29) is 12.2 Å². The van der Waals surface area contributed by atoms with Crippen LogP contribution in [0.1, 0.15) is 16.9 Å². The molecule has 3 aromatic rings. The van der Waals surface area contributed by atoms with Gasteiger partial charge in [0.25, 0.3) is 0 Å². The minimum Gasteiger partial charge on any atom is -0.493 e. The summed E-state index contributed by atoms with van der Waals surface area (Å²) in [5.74, 6) is 1.22. The van der Waals surface area contributed by atoms with Crippen molar-refractivity contribution in [2.24, 2.45) is 0 Å². The van der Waals surface area contributed by atoms with E-state index in [9.17, 15) is 4.39 Å². The highest BCUT2D eigenvalue weighted by Crippen LogP contribution is 2.33. The van der Waals surface area contributed by atoms with Gasteiger partial charge in [-0.15, -0.1) is 0 Å². The molecule has 0 spiro atoms. The van der Waals surface area contributed by atoms with Crippen molar-refractivity contribution in [3.8, 4) is 11.5 Å². The van der Waals surface area contributed by atoms with Crippen LogP contribution in [0.4, 0.5) is 4.39 Å². The third kappa shape index (κ3) is 4.59. The highest BCUT2D eigenvalue weighted by molar-refractivity contribution is 7.80. The number of para-hydroxylation sites is 1. The molecular formula is C20H17ClFNO3S. The monoisotopic (exact) mass is 405 g/mol. The van der Waals surface area contributed by atoms with Gasteiger partial charge in [-0.05, 0) is 36.4 Å². The molecule has 0 unspecified atom stereocenters. The Balaban J connectivity index is 1.81. The maximum absolute atomic E-state index is 14.0. The fourth-order valence-electron chi connectivity index (χ4n) is 2.49. The molecule has 1 heterocycles. The molecule has 4 nitrogen and oxygen atoms in total.